The highest BCUT2D eigenvalue weighted by molar-refractivity contribution is 5.95. The molecule has 2 N–H and O–H groups in total. The maximum atomic E-state index is 13.0. The summed E-state index contributed by atoms with van der Waals surface area (Å²) in [5, 5.41) is 13.4. The average molecular weight is 352 g/mol. The van der Waals surface area contributed by atoms with E-state index in [-0.39, 0.29) is 17.6 Å². The predicted molar refractivity (Wildman–Crippen MR) is 95.5 cm³/mol. The maximum absolute atomic E-state index is 13.0. The van der Waals surface area contributed by atoms with Crippen LogP contribution in [-0.2, 0) is 7.05 Å². The van der Waals surface area contributed by atoms with Gasteiger partial charge >= 0.3 is 5.69 Å². The van der Waals surface area contributed by atoms with Crippen LogP contribution in [0.3, 0.4) is 0 Å². The molecule has 1 aliphatic rings. The second-order valence-corrected chi connectivity index (χ2v) is 6.51. The van der Waals surface area contributed by atoms with E-state index in [4.69, 9.17) is 0 Å². The Bertz CT molecular complexity index is 954. The van der Waals surface area contributed by atoms with Gasteiger partial charge in [-0.05, 0) is 37.5 Å². The Morgan fingerprint density at radius 2 is 1.96 bits per heavy atom. The minimum absolute atomic E-state index is 0.00627. The van der Waals surface area contributed by atoms with E-state index in [2.05, 4.69) is 20.4 Å². The van der Waals surface area contributed by atoms with Crippen LogP contribution in [0.25, 0.3) is 11.4 Å². The summed E-state index contributed by atoms with van der Waals surface area (Å²) in [6.45, 7) is 0.734. The molecule has 8 nitrogen and oxygen atoms in total. The van der Waals surface area contributed by atoms with Gasteiger partial charge in [-0.3, -0.25) is 14.5 Å². The van der Waals surface area contributed by atoms with Crippen LogP contribution in [0, 0.1) is 0 Å². The van der Waals surface area contributed by atoms with Gasteiger partial charge in [0.2, 0.25) is 0 Å². The zero-order valence-electron chi connectivity index (χ0n) is 14.5. The normalized spacial score (nSPS) is 17.4. The number of hydrogen-bond acceptors (Lipinski definition) is 4. The van der Waals surface area contributed by atoms with Crippen LogP contribution in [-0.4, -0.2) is 42.3 Å². The Morgan fingerprint density at radius 1 is 1.15 bits per heavy atom. The number of aromatic nitrogens is 5. The first-order valence-electron chi connectivity index (χ1n) is 8.67. The van der Waals surface area contributed by atoms with Crippen LogP contribution in [0.2, 0.25) is 0 Å². The molecule has 1 unspecified atom stereocenters. The molecule has 134 valence electrons. The number of nitrogens with zero attached hydrogens (tertiary/aromatic N) is 4. The Labute approximate surface area is 149 Å². The largest absolute Gasteiger partial charge is 0.343 e. The van der Waals surface area contributed by atoms with Crippen LogP contribution in [0.1, 0.15) is 41.4 Å². The molecule has 3 heterocycles. The summed E-state index contributed by atoms with van der Waals surface area (Å²) in [5.74, 6) is 0.550. The summed E-state index contributed by atoms with van der Waals surface area (Å²) in [5.41, 5.74) is 2.11. The van der Waals surface area contributed by atoms with Gasteiger partial charge in [-0.25, -0.2) is 9.89 Å². The molecule has 8 heteroatoms. The third-order valence-electron chi connectivity index (χ3n) is 4.91. The van der Waals surface area contributed by atoms with Crippen LogP contribution < -0.4 is 5.69 Å². The first-order chi connectivity index (χ1) is 12.6. The molecule has 1 amide bonds. The number of nitrogens with one attached hydrogen (secondary N) is 2. The number of carbonyl (C=O) groups excluding carboxylic acids is 1. The molecule has 1 aromatic carbocycles. The van der Waals surface area contributed by atoms with E-state index in [9.17, 15) is 9.59 Å². The summed E-state index contributed by atoms with van der Waals surface area (Å²) < 4.78 is 1.44. The van der Waals surface area contributed by atoms with Crippen molar-refractivity contribution in [2.24, 2.45) is 7.05 Å². The van der Waals surface area contributed by atoms with E-state index >= 15 is 0 Å². The molecule has 26 heavy (non-hydrogen) atoms. The topological polar surface area (TPSA) is 99.7 Å². The molecule has 0 aliphatic carbocycles. The lowest BCUT2D eigenvalue weighted by molar-refractivity contribution is 0.0606. The number of likely N-dealkylation sites (tertiary alicyclic amines) is 1. The van der Waals surface area contributed by atoms with Gasteiger partial charge < -0.3 is 4.90 Å². The molecular formula is C18H20N6O2. The van der Waals surface area contributed by atoms with Crippen molar-refractivity contribution in [2.45, 2.75) is 25.3 Å². The smallest absolute Gasteiger partial charge is 0.330 e. The lowest BCUT2D eigenvalue weighted by Crippen LogP contribution is -2.38. The quantitative estimate of drug-likeness (QED) is 0.751. The Kier molecular flexibility index (Phi) is 4.16. The first-order valence-corrected chi connectivity index (χ1v) is 8.67. The average Bonchev–Trinajstić information content (AvgIpc) is 3.32. The summed E-state index contributed by atoms with van der Waals surface area (Å²) in [7, 11) is 1.66. The third-order valence-corrected chi connectivity index (χ3v) is 4.91. The number of rotatable bonds is 3. The fraction of sp³-hybridized carbons (Fsp3) is 0.333. The van der Waals surface area contributed by atoms with E-state index in [1.54, 1.807) is 25.4 Å². The summed E-state index contributed by atoms with van der Waals surface area (Å²) in [6.07, 6.45) is 4.75. The molecule has 0 saturated carbocycles. The van der Waals surface area contributed by atoms with Gasteiger partial charge in [0.1, 0.15) is 0 Å². The predicted octanol–water partition coefficient (Wildman–Crippen LogP) is 1.87. The molecule has 1 saturated heterocycles. The minimum Gasteiger partial charge on any atom is -0.330 e. The van der Waals surface area contributed by atoms with Crippen molar-refractivity contribution < 1.29 is 4.79 Å². The molecular weight excluding hydrogens is 332 g/mol. The van der Waals surface area contributed by atoms with E-state index < -0.39 is 0 Å². The van der Waals surface area contributed by atoms with Crippen molar-refractivity contribution >= 4 is 5.91 Å². The van der Waals surface area contributed by atoms with Gasteiger partial charge in [-0.15, -0.1) is 0 Å². The van der Waals surface area contributed by atoms with Crippen molar-refractivity contribution in [1.82, 2.24) is 29.9 Å². The molecule has 3 aromatic rings. The fourth-order valence-electron chi connectivity index (χ4n) is 3.48. The Balaban J connectivity index is 1.59. The number of benzene rings is 1. The number of amides is 1. The molecule has 0 bridgehead atoms. The van der Waals surface area contributed by atoms with Crippen LogP contribution in [0.4, 0.5) is 0 Å². The number of H-pyrrole nitrogens is 2. The molecule has 4 rings (SSSR count). The molecule has 1 fully saturated rings. The monoisotopic (exact) mass is 352 g/mol. The number of hydrogen-bond donors (Lipinski definition) is 2. The van der Waals surface area contributed by atoms with Gasteiger partial charge in [0, 0.05) is 30.9 Å². The number of aromatic amines is 2. The second-order valence-electron chi connectivity index (χ2n) is 6.51. The molecule has 1 aliphatic heterocycles. The van der Waals surface area contributed by atoms with Crippen molar-refractivity contribution in [3.05, 3.63) is 58.3 Å². The third kappa shape index (κ3) is 2.83. The lowest BCUT2D eigenvalue weighted by Gasteiger charge is -2.35. The van der Waals surface area contributed by atoms with Crippen molar-refractivity contribution in [1.29, 1.82) is 0 Å². The Hall–Kier alpha value is -3.16. The highest BCUT2D eigenvalue weighted by atomic mass is 16.2. The van der Waals surface area contributed by atoms with Crippen molar-refractivity contribution in [3.8, 4) is 11.4 Å². The number of carbonyl (C=O) groups is 1. The molecule has 2 aromatic heterocycles. The van der Waals surface area contributed by atoms with Gasteiger partial charge in [-0.1, -0.05) is 12.1 Å². The van der Waals surface area contributed by atoms with Gasteiger partial charge in [0.25, 0.3) is 5.91 Å². The zero-order valence-corrected chi connectivity index (χ0v) is 14.5. The summed E-state index contributed by atoms with van der Waals surface area (Å²) >= 11 is 0. The standard InChI is InChI=1S/C18H20N6O2/c1-23-16(21-22-18(23)26)12-5-7-13(8-6-12)17(25)24-11-3-2-4-15(24)14-9-10-19-20-14/h5-10,15H,2-4,11H2,1H3,(H,19,20)(H,22,26). The van der Waals surface area contributed by atoms with Crippen molar-refractivity contribution in [2.75, 3.05) is 6.54 Å². The maximum Gasteiger partial charge on any atom is 0.343 e. The zero-order chi connectivity index (χ0) is 18.1. The van der Waals surface area contributed by atoms with Gasteiger partial charge in [0.05, 0.1) is 11.7 Å². The van der Waals surface area contributed by atoms with E-state index in [0.717, 1.165) is 37.1 Å². The minimum atomic E-state index is -0.268. The van der Waals surface area contributed by atoms with E-state index in [1.165, 1.54) is 4.57 Å². The Morgan fingerprint density at radius 3 is 2.62 bits per heavy atom. The second kappa shape index (κ2) is 6.62. The van der Waals surface area contributed by atoms with Gasteiger partial charge in [-0.2, -0.15) is 10.2 Å². The molecule has 1 atom stereocenters. The highest BCUT2D eigenvalue weighted by Crippen LogP contribution is 2.31. The van der Waals surface area contributed by atoms with Crippen molar-refractivity contribution in [3.63, 3.8) is 0 Å². The summed E-state index contributed by atoms with van der Waals surface area (Å²) in [6, 6.07) is 9.17. The lowest BCUT2D eigenvalue weighted by atomic mass is 9.98. The van der Waals surface area contributed by atoms with Crippen LogP contribution >= 0.6 is 0 Å². The van der Waals surface area contributed by atoms with Gasteiger partial charge in [0.15, 0.2) is 5.82 Å². The SMILES string of the molecule is Cn1c(-c2ccc(C(=O)N3CCCCC3c3ccn[nH]3)cc2)n[nH]c1=O. The van der Waals surface area contributed by atoms with Crippen LogP contribution in [0.15, 0.2) is 41.3 Å². The fourth-order valence-corrected chi connectivity index (χ4v) is 3.48. The highest BCUT2D eigenvalue weighted by Gasteiger charge is 2.29. The first kappa shape index (κ1) is 16.3. The van der Waals surface area contributed by atoms with E-state index in [1.807, 2.05) is 23.1 Å². The van der Waals surface area contributed by atoms with Crippen LogP contribution in [0.5, 0.6) is 0 Å². The molecule has 0 spiro atoms. The number of piperidine rings is 1. The summed E-state index contributed by atoms with van der Waals surface area (Å²) in [4.78, 5) is 26.5. The molecule has 0 radical (unpaired) electrons. The van der Waals surface area contributed by atoms with E-state index in [0.29, 0.717) is 11.4 Å².